The number of sulfonamides is 1. The summed E-state index contributed by atoms with van der Waals surface area (Å²) < 4.78 is 49.0. The first-order valence-electron chi connectivity index (χ1n) is 6.99. The number of hydrogen-bond donors (Lipinski definition) is 2. The average Bonchev–Trinajstić information content (AvgIpc) is 2.49. The molecule has 0 fully saturated rings. The number of primary sulfonamides is 1. The van der Waals surface area contributed by atoms with Gasteiger partial charge < -0.3 is 5.32 Å². The standard InChI is InChI=1S/C16H16F2N2O3S/c1-9-3-5-12(24(19,22)23)8-13(9)16(21)20-10(2)11-4-6-14(17)15(18)7-11/h3-8,10H,1-2H3,(H,20,21)(H2,19,22,23). The third kappa shape index (κ3) is 3.95. The fourth-order valence-electron chi connectivity index (χ4n) is 2.16. The highest BCUT2D eigenvalue weighted by Crippen LogP contribution is 2.19. The van der Waals surface area contributed by atoms with E-state index in [4.69, 9.17) is 5.14 Å². The number of nitrogens with one attached hydrogen (secondary N) is 1. The number of nitrogens with two attached hydrogens (primary N) is 1. The number of aryl methyl sites for hydroxylation is 1. The van der Waals surface area contributed by atoms with E-state index in [9.17, 15) is 22.0 Å². The Morgan fingerprint density at radius 3 is 2.38 bits per heavy atom. The highest BCUT2D eigenvalue weighted by atomic mass is 32.2. The van der Waals surface area contributed by atoms with Crippen molar-refractivity contribution in [3.8, 4) is 0 Å². The summed E-state index contributed by atoms with van der Waals surface area (Å²) in [5, 5.41) is 7.68. The van der Waals surface area contributed by atoms with Gasteiger partial charge in [-0.25, -0.2) is 22.3 Å². The first-order chi connectivity index (χ1) is 11.1. The molecule has 0 aliphatic carbocycles. The van der Waals surface area contributed by atoms with E-state index in [-0.39, 0.29) is 10.5 Å². The minimum Gasteiger partial charge on any atom is -0.346 e. The predicted molar refractivity (Wildman–Crippen MR) is 84.8 cm³/mol. The van der Waals surface area contributed by atoms with Gasteiger partial charge in [0, 0.05) is 5.56 Å². The number of benzene rings is 2. The van der Waals surface area contributed by atoms with Gasteiger partial charge in [-0.3, -0.25) is 4.79 Å². The molecule has 1 amide bonds. The van der Waals surface area contributed by atoms with Crippen LogP contribution in [0.3, 0.4) is 0 Å². The molecule has 128 valence electrons. The molecule has 1 unspecified atom stereocenters. The molecule has 0 saturated carbocycles. The van der Waals surface area contributed by atoms with E-state index in [2.05, 4.69) is 5.32 Å². The lowest BCUT2D eigenvalue weighted by molar-refractivity contribution is 0.0939. The monoisotopic (exact) mass is 354 g/mol. The number of rotatable bonds is 4. The number of hydrogen-bond acceptors (Lipinski definition) is 3. The molecule has 2 aromatic rings. The second kappa shape index (κ2) is 6.66. The van der Waals surface area contributed by atoms with Crippen molar-refractivity contribution in [3.63, 3.8) is 0 Å². The van der Waals surface area contributed by atoms with Crippen molar-refractivity contribution >= 4 is 15.9 Å². The van der Waals surface area contributed by atoms with Crippen LogP contribution in [0.4, 0.5) is 8.78 Å². The number of amides is 1. The lowest BCUT2D eigenvalue weighted by Crippen LogP contribution is -2.27. The maximum Gasteiger partial charge on any atom is 0.252 e. The van der Waals surface area contributed by atoms with Crippen molar-refractivity contribution in [2.75, 3.05) is 0 Å². The van der Waals surface area contributed by atoms with Gasteiger partial charge in [0.05, 0.1) is 10.9 Å². The summed E-state index contributed by atoms with van der Waals surface area (Å²) in [6, 6.07) is 6.67. The van der Waals surface area contributed by atoms with E-state index >= 15 is 0 Å². The molecule has 0 aromatic heterocycles. The van der Waals surface area contributed by atoms with Crippen LogP contribution in [0.25, 0.3) is 0 Å². The highest BCUT2D eigenvalue weighted by Gasteiger charge is 2.17. The first kappa shape index (κ1) is 18.0. The fraction of sp³-hybridized carbons (Fsp3) is 0.188. The number of carbonyl (C=O) groups excluding carboxylic acids is 1. The molecule has 2 rings (SSSR count). The van der Waals surface area contributed by atoms with E-state index in [1.54, 1.807) is 13.8 Å². The number of halogens is 2. The van der Waals surface area contributed by atoms with E-state index < -0.39 is 33.6 Å². The molecule has 0 bridgehead atoms. The molecule has 5 nitrogen and oxygen atoms in total. The Hall–Kier alpha value is -2.32. The van der Waals surface area contributed by atoms with Crippen LogP contribution in [0.2, 0.25) is 0 Å². The van der Waals surface area contributed by atoms with Crippen LogP contribution in [0.5, 0.6) is 0 Å². The summed E-state index contributed by atoms with van der Waals surface area (Å²) >= 11 is 0. The predicted octanol–water partition coefficient (Wildman–Crippen LogP) is 2.41. The van der Waals surface area contributed by atoms with Gasteiger partial charge in [0.25, 0.3) is 5.91 Å². The summed E-state index contributed by atoms with van der Waals surface area (Å²) in [6.07, 6.45) is 0. The van der Waals surface area contributed by atoms with Gasteiger partial charge in [0.15, 0.2) is 11.6 Å². The molecule has 0 aliphatic rings. The van der Waals surface area contributed by atoms with E-state index in [0.29, 0.717) is 11.1 Å². The van der Waals surface area contributed by atoms with E-state index in [1.807, 2.05) is 0 Å². The molecule has 0 radical (unpaired) electrons. The molecular formula is C16H16F2N2O3S. The van der Waals surface area contributed by atoms with Crippen LogP contribution < -0.4 is 10.5 Å². The van der Waals surface area contributed by atoms with Gasteiger partial charge in [-0.2, -0.15) is 0 Å². The average molecular weight is 354 g/mol. The van der Waals surface area contributed by atoms with Crippen molar-refractivity contribution in [2.45, 2.75) is 24.8 Å². The third-order valence-electron chi connectivity index (χ3n) is 3.57. The smallest absolute Gasteiger partial charge is 0.252 e. The topological polar surface area (TPSA) is 89.3 Å². The van der Waals surface area contributed by atoms with E-state index in [0.717, 1.165) is 12.1 Å². The Morgan fingerprint density at radius 2 is 1.79 bits per heavy atom. The maximum absolute atomic E-state index is 13.3. The van der Waals surface area contributed by atoms with Gasteiger partial charge in [-0.05, 0) is 49.2 Å². The van der Waals surface area contributed by atoms with Crippen molar-refractivity contribution in [3.05, 3.63) is 64.7 Å². The minimum absolute atomic E-state index is 0.135. The summed E-state index contributed by atoms with van der Waals surface area (Å²) in [6.45, 7) is 3.24. The van der Waals surface area contributed by atoms with Gasteiger partial charge in [0.1, 0.15) is 0 Å². The molecule has 0 spiro atoms. The summed E-state index contributed by atoms with van der Waals surface area (Å²) in [7, 11) is -3.94. The lowest BCUT2D eigenvalue weighted by Gasteiger charge is -2.16. The van der Waals surface area contributed by atoms with Crippen LogP contribution in [0.15, 0.2) is 41.3 Å². The van der Waals surface area contributed by atoms with Crippen LogP contribution in [-0.4, -0.2) is 14.3 Å². The molecule has 0 heterocycles. The van der Waals surface area contributed by atoms with Gasteiger partial charge in [-0.1, -0.05) is 12.1 Å². The molecule has 1 atom stereocenters. The molecular weight excluding hydrogens is 338 g/mol. The lowest BCUT2D eigenvalue weighted by atomic mass is 10.1. The zero-order valence-electron chi connectivity index (χ0n) is 13.0. The molecule has 3 N–H and O–H groups in total. The second-order valence-electron chi connectivity index (χ2n) is 5.39. The highest BCUT2D eigenvalue weighted by molar-refractivity contribution is 7.89. The Labute approximate surface area is 138 Å². The summed E-state index contributed by atoms with van der Waals surface area (Å²) in [5.41, 5.74) is 1.07. The third-order valence-corrected chi connectivity index (χ3v) is 4.48. The van der Waals surface area contributed by atoms with Crippen molar-refractivity contribution in [1.29, 1.82) is 0 Å². The molecule has 2 aromatic carbocycles. The Balaban J connectivity index is 2.27. The van der Waals surface area contributed by atoms with Gasteiger partial charge in [0.2, 0.25) is 10.0 Å². The van der Waals surface area contributed by atoms with Crippen LogP contribution in [0.1, 0.15) is 34.5 Å². The van der Waals surface area contributed by atoms with Crippen LogP contribution in [-0.2, 0) is 10.0 Å². The normalized spacial score (nSPS) is 12.7. The minimum atomic E-state index is -3.94. The molecule has 0 saturated heterocycles. The fourth-order valence-corrected chi connectivity index (χ4v) is 2.70. The van der Waals surface area contributed by atoms with Crippen LogP contribution in [0, 0.1) is 18.6 Å². The SMILES string of the molecule is Cc1ccc(S(N)(=O)=O)cc1C(=O)NC(C)c1ccc(F)c(F)c1. The van der Waals surface area contributed by atoms with E-state index in [1.165, 1.54) is 24.3 Å². The molecule has 24 heavy (non-hydrogen) atoms. The molecule has 0 aliphatic heterocycles. The molecule has 8 heteroatoms. The zero-order chi connectivity index (χ0) is 18.1. The van der Waals surface area contributed by atoms with Crippen molar-refractivity contribution in [2.24, 2.45) is 5.14 Å². The maximum atomic E-state index is 13.3. The largest absolute Gasteiger partial charge is 0.346 e. The van der Waals surface area contributed by atoms with Crippen molar-refractivity contribution < 1.29 is 22.0 Å². The quantitative estimate of drug-likeness (QED) is 0.884. The second-order valence-corrected chi connectivity index (χ2v) is 6.95. The van der Waals surface area contributed by atoms with Crippen molar-refractivity contribution in [1.82, 2.24) is 5.32 Å². The number of carbonyl (C=O) groups is 1. The Kier molecular flexibility index (Phi) is 5.00. The Bertz CT molecular complexity index is 898. The Morgan fingerprint density at radius 1 is 1.12 bits per heavy atom. The van der Waals surface area contributed by atoms with Crippen LogP contribution >= 0.6 is 0 Å². The first-order valence-corrected chi connectivity index (χ1v) is 8.53. The summed E-state index contributed by atoms with van der Waals surface area (Å²) in [5.74, 6) is -2.54. The van der Waals surface area contributed by atoms with Gasteiger partial charge >= 0.3 is 0 Å². The van der Waals surface area contributed by atoms with Gasteiger partial charge in [-0.15, -0.1) is 0 Å². The summed E-state index contributed by atoms with van der Waals surface area (Å²) in [4.78, 5) is 12.2. The zero-order valence-corrected chi connectivity index (χ0v) is 13.8.